The maximum absolute atomic E-state index is 13.8. The average Bonchev–Trinajstić information content (AvgIpc) is 3.68. The number of benzene rings is 1. The zero-order valence-corrected chi connectivity index (χ0v) is 34.8. The van der Waals surface area contributed by atoms with E-state index in [1.165, 1.54) is 45.0 Å². The number of carbonyl (C=O) groups excluding carboxylic acids is 7. The van der Waals surface area contributed by atoms with E-state index in [-0.39, 0.29) is 37.5 Å². The Morgan fingerprint density at radius 3 is 1.88 bits per heavy atom. The number of nitrogens with one attached hydrogen (secondary N) is 6. The third-order valence-electron chi connectivity index (χ3n) is 9.84. The van der Waals surface area contributed by atoms with E-state index in [4.69, 9.17) is 11.5 Å². The summed E-state index contributed by atoms with van der Waals surface area (Å²) in [5.41, 5.74) is 12.1. The SMILES string of the molecule is CC(C)C[C@H](N)C(=O)N[C@@H](CCCCN)C(=O)N[C@H](C(=O)N1CCC[C@H]1C(=O)N[C@@H](CO)C(=O)N[C@@H](C)C(=O)N[C@@H](C)C(=O)N[C@@H](Cc1ccc(O)cc1)C(=O)O)[C@@H](C)O. The number of rotatable bonds is 24. The number of hydrogen-bond acceptors (Lipinski definition) is 13. The lowest BCUT2D eigenvalue weighted by atomic mass is 10.0. The predicted octanol–water partition coefficient (Wildman–Crippen LogP) is -3.17. The minimum Gasteiger partial charge on any atom is -0.508 e. The van der Waals surface area contributed by atoms with Crippen molar-refractivity contribution in [1.29, 1.82) is 0 Å². The molecule has 1 aromatic rings. The molecule has 1 aliphatic heterocycles. The van der Waals surface area contributed by atoms with Crippen LogP contribution in [0.2, 0.25) is 0 Å². The smallest absolute Gasteiger partial charge is 0.326 e. The Hall–Kier alpha value is -5.38. The summed E-state index contributed by atoms with van der Waals surface area (Å²) >= 11 is 0. The maximum atomic E-state index is 13.8. The van der Waals surface area contributed by atoms with Crippen molar-refractivity contribution < 1.29 is 58.8 Å². The molecule has 21 heteroatoms. The van der Waals surface area contributed by atoms with Gasteiger partial charge in [0.2, 0.25) is 41.4 Å². The first kappa shape index (κ1) is 50.8. The number of aliphatic hydroxyl groups excluding tert-OH is 2. The van der Waals surface area contributed by atoms with Crippen molar-refractivity contribution in [2.45, 2.75) is 134 Å². The van der Waals surface area contributed by atoms with Gasteiger partial charge in [-0.2, -0.15) is 0 Å². The molecule has 1 heterocycles. The number of phenols is 1. The molecule has 0 spiro atoms. The quantitative estimate of drug-likeness (QED) is 0.0457. The molecule has 0 aliphatic carbocycles. The van der Waals surface area contributed by atoms with Gasteiger partial charge in [0.15, 0.2) is 0 Å². The minimum absolute atomic E-state index is 0.0224. The fourth-order valence-corrected chi connectivity index (χ4v) is 6.39. The number of phenolic OH excluding ortho intramolecular Hbond substituents is 1. The molecular weight excluding hydrogens is 786 g/mol. The molecule has 14 N–H and O–H groups in total. The fourth-order valence-electron chi connectivity index (χ4n) is 6.39. The van der Waals surface area contributed by atoms with E-state index in [1.54, 1.807) is 0 Å². The zero-order chi connectivity index (χ0) is 45.3. The first-order valence-electron chi connectivity index (χ1n) is 20.1. The summed E-state index contributed by atoms with van der Waals surface area (Å²) in [5, 5.41) is 54.3. The highest BCUT2D eigenvalue weighted by Gasteiger charge is 2.41. The van der Waals surface area contributed by atoms with Crippen molar-refractivity contribution in [3.8, 4) is 5.75 Å². The van der Waals surface area contributed by atoms with Gasteiger partial charge in [-0.1, -0.05) is 26.0 Å². The molecule has 1 aromatic carbocycles. The van der Waals surface area contributed by atoms with Crippen LogP contribution in [-0.4, -0.2) is 147 Å². The number of likely N-dealkylation sites (tertiary alicyclic amines) is 1. The molecule has 0 radical (unpaired) electrons. The molecule has 21 nitrogen and oxygen atoms in total. The lowest BCUT2D eigenvalue weighted by molar-refractivity contribution is -0.145. The second kappa shape index (κ2) is 24.6. The highest BCUT2D eigenvalue weighted by molar-refractivity contribution is 5.97. The van der Waals surface area contributed by atoms with E-state index in [0.717, 1.165) is 4.90 Å². The van der Waals surface area contributed by atoms with Crippen LogP contribution in [0.5, 0.6) is 5.75 Å². The molecule has 1 saturated heterocycles. The van der Waals surface area contributed by atoms with Crippen molar-refractivity contribution in [3.05, 3.63) is 29.8 Å². The molecule has 0 unspecified atom stereocenters. The monoisotopic (exact) mass is 849 g/mol. The van der Waals surface area contributed by atoms with Crippen molar-refractivity contribution in [2.24, 2.45) is 17.4 Å². The van der Waals surface area contributed by atoms with E-state index in [2.05, 4.69) is 31.9 Å². The summed E-state index contributed by atoms with van der Waals surface area (Å²) in [6.45, 7) is 7.12. The Kier molecular flexibility index (Phi) is 20.8. The lowest BCUT2D eigenvalue weighted by Crippen LogP contribution is -2.61. The number of aliphatic hydroxyl groups is 2. The van der Waals surface area contributed by atoms with Crippen LogP contribution in [0.25, 0.3) is 0 Å². The number of carboxylic acids is 1. The van der Waals surface area contributed by atoms with Gasteiger partial charge in [0.05, 0.1) is 18.8 Å². The molecule has 2 rings (SSSR count). The summed E-state index contributed by atoms with van der Waals surface area (Å²) in [5.74, 6) is -6.86. The van der Waals surface area contributed by atoms with E-state index >= 15 is 0 Å². The van der Waals surface area contributed by atoms with E-state index < -0.39 is 108 Å². The van der Waals surface area contributed by atoms with Crippen LogP contribution in [-0.2, 0) is 44.8 Å². The highest BCUT2D eigenvalue weighted by atomic mass is 16.4. The second-order valence-electron chi connectivity index (χ2n) is 15.5. The summed E-state index contributed by atoms with van der Waals surface area (Å²) in [7, 11) is 0. The molecule has 1 aliphatic rings. The van der Waals surface area contributed by atoms with E-state index in [9.17, 15) is 58.8 Å². The maximum Gasteiger partial charge on any atom is 0.326 e. The molecule has 0 aromatic heterocycles. The second-order valence-corrected chi connectivity index (χ2v) is 15.5. The van der Waals surface area contributed by atoms with Gasteiger partial charge >= 0.3 is 5.97 Å². The summed E-state index contributed by atoms with van der Waals surface area (Å²) < 4.78 is 0. The molecular formula is C39H63N9O12. The van der Waals surface area contributed by atoms with Gasteiger partial charge in [0.1, 0.15) is 48.0 Å². The minimum atomic E-state index is -1.59. The molecule has 0 saturated carbocycles. The van der Waals surface area contributed by atoms with Crippen LogP contribution in [0, 0.1) is 5.92 Å². The van der Waals surface area contributed by atoms with Gasteiger partial charge in [-0.05, 0) is 89.5 Å². The van der Waals surface area contributed by atoms with Crippen LogP contribution in [0.4, 0.5) is 0 Å². The molecule has 9 atom stereocenters. The molecule has 60 heavy (non-hydrogen) atoms. The lowest BCUT2D eigenvalue weighted by Gasteiger charge is -2.31. The first-order valence-corrected chi connectivity index (χ1v) is 20.1. The fraction of sp³-hybridized carbons (Fsp3) is 0.641. The van der Waals surface area contributed by atoms with Crippen LogP contribution < -0.4 is 43.4 Å². The number of carbonyl (C=O) groups is 8. The Morgan fingerprint density at radius 2 is 1.33 bits per heavy atom. The largest absolute Gasteiger partial charge is 0.508 e. The number of amides is 7. The van der Waals surface area contributed by atoms with E-state index in [1.807, 2.05) is 13.8 Å². The Bertz CT molecular complexity index is 1640. The molecule has 1 fully saturated rings. The normalized spacial score (nSPS) is 17.8. The first-order chi connectivity index (χ1) is 28.2. The number of unbranched alkanes of at least 4 members (excludes halogenated alkanes) is 1. The number of aromatic hydroxyl groups is 1. The number of hydrogen-bond donors (Lipinski definition) is 12. The zero-order valence-electron chi connectivity index (χ0n) is 34.8. The average molecular weight is 850 g/mol. The van der Waals surface area contributed by atoms with Gasteiger partial charge in [-0.3, -0.25) is 33.6 Å². The number of nitrogens with zero attached hydrogens (tertiary/aromatic N) is 1. The molecule has 0 bridgehead atoms. The Morgan fingerprint density at radius 1 is 0.767 bits per heavy atom. The van der Waals surface area contributed by atoms with Crippen molar-refractivity contribution in [2.75, 3.05) is 19.7 Å². The van der Waals surface area contributed by atoms with E-state index in [0.29, 0.717) is 37.8 Å². The number of nitrogens with two attached hydrogens (primary N) is 2. The summed E-state index contributed by atoms with van der Waals surface area (Å²) in [6.07, 6.45) is 0.501. The van der Waals surface area contributed by atoms with Gasteiger partial charge in [-0.15, -0.1) is 0 Å². The Labute approximate surface area is 349 Å². The Balaban J connectivity index is 2.05. The summed E-state index contributed by atoms with van der Waals surface area (Å²) in [6, 6.07) is -4.48. The third-order valence-corrected chi connectivity index (χ3v) is 9.84. The number of aliphatic carboxylic acids is 1. The number of carboxylic acid groups (broad SMARTS) is 1. The van der Waals surface area contributed by atoms with Crippen LogP contribution in [0.3, 0.4) is 0 Å². The highest BCUT2D eigenvalue weighted by Crippen LogP contribution is 2.20. The molecule has 7 amide bonds. The van der Waals surface area contributed by atoms with Crippen LogP contribution >= 0.6 is 0 Å². The van der Waals surface area contributed by atoms with Gasteiger partial charge in [-0.25, -0.2) is 4.79 Å². The van der Waals surface area contributed by atoms with Gasteiger partial charge in [0.25, 0.3) is 0 Å². The van der Waals surface area contributed by atoms with Gasteiger partial charge < -0.3 is 68.7 Å². The standard InChI is InChI=1S/C39H63N9O12/c1-20(2)17-26(41)34(54)44-27(9-6-7-15-40)35(55)47-31(23(5)50)38(58)48-16-8-10-30(48)37(57)46-29(19-49)36(56)43-21(3)32(52)42-22(4)33(53)45-28(39(59)60)18-24-11-13-25(51)14-12-24/h11-14,20-23,26-31,49-51H,6-10,15-19,40-41H2,1-5H3,(H,42,52)(H,43,56)(H,44,54)(H,45,53)(H,46,57)(H,47,55)(H,59,60)/t21-,22-,23+,26-,27-,28-,29-,30-,31-/m0/s1. The summed E-state index contributed by atoms with van der Waals surface area (Å²) in [4.78, 5) is 105. The van der Waals surface area contributed by atoms with Crippen LogP contribution in [0.15, 0.2) is 24.3 Å². The van der Waals surface area contributed by atoms with Crippen molar-refractivity contribution in [3.63, 3.8) is 0 Å². The third kappa shape index (κ3) is 16.0. The van der Waals surface area contributed by atoms with Crippen molar-refractivity contribution >= 4 is 47.3 Å². The van der Waals surface area contributed by atoms with Crippen LogP contribution in [0.1, 0.15) is 78.7 Å². The van der Waals surface area contributed by atoms with Crippen molar-refractivity contribution in [1.82, 2.24) is 36.8 Å². The topological polar surface area (TPSA) is 345 Å². The van der Waals surface area contributed by atoms with Gasteiger partial charge in [0, 0.05) is 13.0 Å². The molecule has 336 valence electrons. The predicted molar refractivity (Wildman–Crippen MR) is 216 cm³/mol.